The van der Waals surface area contributed by atoms with Crippen molar-refractivity contribution in [3.63, 3.8) is 0 Å². The molecule has 0 spiro atoms. The van der Waals surface area contributed by atoms with E-state index in [-0.39, 0.29) is 5.92 Å². The molecule has 5 rings (SSSR count). The van der Waals surface area contributed by atoms with Crippen LogP contribution in [0.3, 0.4) is 0 Å². The summed E-state index contributed by atoms with van der Waals surface area (Å²) in [4.78, 5) is 14.8. The van der Waals surface area contributed by atoms with Crippen LogP contribution < -0.4 is 5.32 Å². The van der Waals surface area contributed by atoms with Crippen LogP contribution in [0.25, 0.3) is 0 Å². The third kappa shape index (κ3) is 5.83. The number of hydrogen-bond acceptors (Lipinski definition) is 5. The molecule has 6 heteroatoms. The van der Waals surface area contributed by atoms with Gasteiger partial charge in [0.05, 0.1) is 31.2 Å². The zero-order chi connectivity index (χ0) is 24.7. The van der Waals surface area contributed by atoms with Gasteiger partial charge in [-0.3, -0.25) is 4.90 Å². The molecule has 3 aromatic rings. The average molecular weight is 478 g/mol. The van der Waals surface area contributed by atoms with Crippen molar-refractivity contribution in [3.8, 4) is 11.8 Å². The number of rotatable bonds is 6. The molecule has 1 aromatic heterocycles. The van der Waals surface area contributed by atoms with Crippen LogP contribution in [0.1, 0.15) is 40.9 Å². The van der Waals surface area contributed by atoms with Gasteiger partial charge in [0.2, 0.25) is 0 Å². The molecule has 2 N–H and O–H groups in total. The monoisotopic (exact) mass is 477 g/mol. The summed E-state index contributed by atoms with van der Waals surface area (Å²) in [6.45, 7) is 10.7. The van der Waals surface area contributed by atoms with Gasteiger partial charge in [0.15, 0.2) is 0 Å². The minimum Gasteiger partial charge on any atom is -0.379 e. The van der Waals surface area contributed by atoms with Gasteiger partial charge in [0.1, 0.15) is 5.82 Å². The Morgan fingerprint density at radius 2 is 1.67 bits per heavy atom. The van der Waals surface area contributed by atoms with Crippen LogP contribution in [0.15, 0.2) is 89.5 Å². The maximum Gasteiger partial charge on any atom is 0.115 e. The number of H-pyrrole nitrogens is 1. The van der Waals surface area contributed by atoms with Crippen LogP contribution in [-0.4, -0.2) is 47.5 Å². The number of nitrogens with one attached hydrogen (secondary N) is 2. The molecule has 6 nitrogen and oxygen atoms in total. The third-order valence-corrected chi connectivity index (χ3v) is 6.67. The number of allylic oxidation sites excluding steroid dienone is 2. The molecule has 0 amide bonds. The zero-order valence-electron chi connectivity index (χ0n) is 20.6. The molecule has 36 heavy (non-hydrogen) atoms. The maximum absolute atomic E-state index is 5.43. The number of aromatic amines is 1. The van der Waals surface area contributed by atoms with E-state index in [1.165, 1.54) is 11.1 Å². The highest BCUT2D eigenvalue weighted by atomic mass is 16.5. The zero-order valence-corrected chi connectivity index (χ0v) is 20.6. The van der Waals surface area contributed by atoms with Gasteiger partial charge in [-0.1, -0.05) is 42.7 Å². The lowest BCUT2D eigenvalue weighted by atomic mass is 9.91. The average Bonchev–Trinajstić information content (AvgIpc) is 3.45. The van der Waals surface area contributed by atoms with Gasteiger partial charge in [-0.05, 0) is 54.3 Å². The molecule has 1 atom stereocenters. The molecular weight excluding hydrogens is 446 g/mol. The van der Waals surface area contributed by atoms with Crippen molar-refractivity contribution in [2.75, 3.05) is 26.3 Å². The Hall–Kier alpha value is -3.92. The number of ether oxygens (including phenoxy) is 1. The fourth-order valence-corrected chi connectivity index (χ4v) is 4.50. The molecule has 2 aromatic carbocycles. The van der Waals surface area contributed by atoms with E-state index in [0.717, 1.165) is 73.2 Å². The van der Waals surface area contributed by atoms with E-state index >= 15 is 0 Å². The molecule has 182 valence electrons. The van der Waals surface area contributed by atoms with Crippen LogP contribution in [0.5, 0.6) is 0 Å². The van der Waals surface area contributed by atoms with Gasteiger partial charge in [-0.25, -0.2) is 9.98 Å². The topological polar surface area (TPSA) is 65.5 Å². The molecule has 0 saturated carbocycles. The predicted molar refractivity (Wildman–Crippen MR) is 143 cm³/mol. The lowest BCUT2D eigenvalue weighted by molar-refractivity contribution is 0.0342. The number of imidazole rings is 1. The van der Waals surface area contributed by atoms with Crippen LogP contribution in [0, 0.1) is 11.8 Å². The van der Waals surface area contributed by atoms with Crippen molar-refractivity contribution in [3.05, 3.63) is 113 Å². The Morgan fingerprint density at radius 1 is 1.00 bits per heavy atom. The van der Waals surface area contributed by atoms with E-state index in [0.29, 0.717) is 0 Å². The van der Waals surface area contributed by atoms with Crippen molar-refractivity contribution in [2.24, 2.45) is 4.99 Å². The van der Waals surface area contributed by atoms with E-state index in [1.54, 1.807) is 12.5 Å². The second kappa shape index (κ2) is 11.2. The van der Waals surface area contributed by atoms with Crippen molar-refractivity contribution in [1.82, 2.24) is 20.2 Å². The van der Waals surface area contributed by atoms with Gasteiger partial charge in [0.25, 0.3) is 0 Å². The number of morpholine rings is 1. The first-order chi connectivity index (χ1) is 17.7. The van der Waals surface area contributed by atoms with E-state index in [9.17, 15) is 0 Å². The first-order valence-electron chi connectivity index (χ1n) is 12.3. The number of aliphatic imine (C=N–C) groups is 1. The Morgan fingerprint density at radius 3 is 2.31 bits per heavy atom. The van der Waals surface area contributed by atoms with E-state index < -0.39 is 0 Å². The van der Waals surface area contributed by atoms with Crippen molar-refractivity contribution < 1.29 is 4.74 Å². The lowest BCUT2D eigenvalue weighted by Gasteiger charge is -2.26. The number of aromatic nitrogens is 2. The van der Waals surface area contributed by atoms with Gasteiger partial charge < -0.3 is 15.0 Å². The molecule has 0 radical (unpaired) electrons. The highest BCUT2D eigenvalue weighted by molar-refractivity contribution is 5.65. The number of nitrogens with zero attached hydrogens (tertiary/aromatic N) is 3. The van der Waals surface area contributed by atoms with Gasteiger partial charge in [-0.2, -0.15) is 0 Å². The second-order valence-electron chi connectivity index (χ2n) is 9.15. The Bertz CT molecular complexity index is 1300. The van der Waals surface area contributed by atoms with Gasteiger partial charge in [0, 0.05) is 48.9 Å². The lowest BCUT2D eigenvalue weighted by Crippen LogP contribution is -2.35. The molecule has 1 saturated heterocycles. The van der Waals surface area contributed by atoms with Crippen molar-refractivity contribution in [1.29, 1.82) is 0 Å². The third-order valence-electron chi connectivity index (χ3n) is 6.67. The van der Waals surface area contributed by atoms with Gasteiger partial charge >= 0.3 is 0 Å². The quantitative estimate of drug-likeness (QED) is 0.517. The van der Waals surface area contributed by atoms with Crippen LogP contribution in [-0.2, 0) is 17.7 Å². The summed E-state index contributed by atoms with van der Waals surface area (Å²) in [6.07, 6.45) is 6.12. The molecule has 2 aliphatic heterocycles. The predicted octanol–water partition coefficient (Wildman–Crippen LogP) is 4.39. The molecule has 0 bridgehead atoms. The normalized spacial score (nSPS) is 16.9. The van der Waals surface area contributed by atoms with Crippen LogP contribution in [0.2, 0.25) is 0 Å². The smallest absolute Gasteiger partial charge is 0.115 e. The summed E-state index contributed by atoms with van der Waals surface area (Å²) >= 11 is 0. The minimum atomic E-state index is 0.0167. The fraction of sp³-hybridized carbons (Fsp3) is 0.267. The van der Waals surface area contributed by atoms with Crippen LogP contribution in [0.4, 0.5) is 0 Å². The summed E-state index contributed by atoms with van der Waals surface area (Å²) in [5.74, 6) is 7.51. The first-order valence-corrected chi connectivity index (χ1v) is 12.3. The number of benzene rings is 2. The van der Waals surface area contributed by atoms with Crippen molar-refractivity contribution in [2.45, 2.75) is 25.8 Å². The SMILES string of the molecule is C=C1NC=NC(C(Cc2ccc(C#Cc3ccc(CN4CCOCC4)cc3)cc2)c2ncc[nH]2)=C1C. The summed E-state index contributed by atoms with van der Waals surface area (Å²) in [7, 11) is 0. The molecule has 1 unspecified atom stereocenters. The Labute approximate surface area is 212 Å². The molecule has 1 fully saturated rings. The summed E-state index contributed by atoms with van der Waals surface area (Å²) in [5.41, 5.74) is 7.44. The largest absolute Gasteiger partial charge is 0.379 e. The Balaban J connectivity index is 1.26. The summed E-state index contributed by atoms with van der Waals surface area (Å²) in [6, 6.07) is 17.0. The minimum absolute atomic E-state index is 0.0167. The summed E-state index contributed by atoms with van der Waals surface area (Å²) in [5, 5.41) is 3.09. The highest BCUT2D eigenvalue weighted by Crippen LogP contribution is 2.32. The standard InChI is InChI=1S/C30H31N5O/c1-22-23(2)33-21-34-29(22)28(30-31-13-14-32-30)19-26-9-5-24(6-10-26)3-4-25-7-11-27(12-8-25)20-35-15-17-36-18-16-35/h5-14,21,28H,2,15-20H2,1H3,(H,31,32)(H,33,34). The molecule has 3 heterocycles. The van der Waals surface area contributed by atoms with Gasteiger partial charge in [-0.15, -0.1) is 0 Å². The molecular formula is C30H31N5O. The molecule has 0 aliphatic carbocycles. The second-order valence-corrected chi connectivity index (χ2v) is 9.15. The first kappa shape index (κ1) is 23.8. The molecule has 2 aliphatic rings. The van der Waals surface area contributed by atoms with E-state index in [2.05, 4.69) is 92.1 Å². The summed E-state index contributed by atoms with van der Waals surface area (Å²) < 4.78 is 5.43. The Kier molecular flexibility index (Phi) is 7.41. The fourth-order valence-electron chi connectivity index (χ4n) is 4.50. The highest BCUT2D eigenvalue weighted by Gasteiger charge is 2.24. The van der Waals surface area contributed by atoms with E-state index in [1.807, 2.05) is 13.1 Å². The van der Waals surface area contributed by atoms with Crippen LogP contribution >= 0.6 is 0 Å². The van der Waals surface area contributed by atoms with E-state index in [4.69, 9.17) is 4.74 Å². The van der Waals surface area contributed by atoms with Crippen molar-refractivity contribution >= 4 is 6.34 Å². The maximum atomic E-state index is 5.43. The number of hydrogen-bond donors (Lipinski definition) is 2.